The molecule has 3 aromatic carbocycles. The first-order valence-corrected chi connectivity index (χ1v) is 15.0. The van der Waals surface area contributed by atoms with Gasteiger partial charge in [0.15, 0.2) is 11.3 Å². The van der Waals surface area contributed by atoms with Crippen molar-refractivity contribution in [2.45, 2.75) is 25.4 Å². The van der Waals surface area contributed by atoms with Crippen LogP contribution in [0.5, 0.6) is 0 Å². The van der Waals surface area contributed by atoms with E-state index >= 15 is 0 Å². The van der Waals surface area contributed by atoms with Crippen molar-refractivity contribution in [3.05, 3.63) is 110 Å². The van der Waals surface area contributed by atoms with E-state index in [4.69, 9.17) is 44.8 Å². The molecule has 8 heteroatoms. The highest BCUT2D eigenvalue weighted by atomic mass is 35.5. The molecule has 6 rings (SSSR count). The minimum Gasteiger partial charge on any atom is -0.360 e. The summed E-state index contributed by atoms with van der Waals surface area (Å²) in [5, 5.41) is 10.1. The molecule has 39 heavy (non-hydrogen) atoms. The third kappa shape index (κ3) is 5.55. The summed E-state index contributed by atoms with van der Waals surface area (Å²) in [6, 6.07) is 23.7. The highest BCUT2D eigenvalue weighted by Gasteiger charge is 2.32. The normalized spacial score (nSPS) is 17.2. The number of nitrogens with zero attached hydrogens (tertiary/aromatic N) is 2. The number of anilines is 2. The smallest absolute Gasteiger partial charge is 0.164 e. The molecule has 4 aromatic rings. The van der Waals surface area contributed by atoms with Crippen LogP contribution in [0.1, 0.15) is 41.4 Å². The van der Waals surface area contributed by atoms with E-state index in [1.807, 2.05) is 66.9 Å². The number of halogens is 3. The zero-order chi connectivity index (χ0) is 26.9. The molecule has 0 saturated heterocycles. The van der Waals surface area contributed by atoms with E-state index in [2.05, 4.69) is 28.8 Å². The Morgan fingerprint density at radius 2 is 1.51 bits per heavy atom. The number of nitrogens with one attached hydrogen (secondary N) is 2. The molecule has 0 spiro atoms. The second-order valence-corrected chi connectivity index (χ2v) is 11.6. The monoisotopic (exact) mass is 590 g/mol. The van der Waals surface area contributed by atoms with Gasteiger partial charge in [0.05, 0.1) is 5.69 Å². The Kier molecular flexibility index (Phi) is 7.59. The molecule has 1 aromatic heterocycles. The van der Waals surface area contributed by atoms with E-state index in [9.17, 15) is 0 Å². The lowest BCUT2D eigenvalue weighted by Gasteiger charge is -2.32. The van der Waals surface area contributed by atoms with E-state index in [1.165, 1.54) is 11.1 Å². The summed E-state index contributed by atoms with van der Waals surface area (Å²) < 4.78 is 0. The minimum atomic E-state index is -0.334. The fraction of sp³-hybridized carbons (Fsp3) is 0.161. The maximum atomic E-state index is 6.31. The average molecular weight is 592 g/mol. The zero-order valence-electron chi connectivity index (χ0n) is 21.1. The van der Waals surface area contributed by atoms with Gasteiger partial charge in [-0.25, -0.2) is 9.98 Å². The van der Waals surface area contributed by atoms with Crippen LogP contribution in [0.15, 0.2) is 77.8 Å². The molecule has 2 N–H and O–H groups in total. The first-order valence-electron chi connectivity index (χ1n) is 12.7. The lowest BCUT2D eigenvalue weighted by atomic mass is 9.82. The van der Waals surface area contributed by atoms with Crippen molar-refractivity contribution in [3.8, 4) is 11.1 Å². The summed E-state index contributed by atoms with van der Waals surface area (Å²) in [7, 11) is 0. The SMILES string of the molecule is CSC1=NC(Nc2ccc(Cl)cc2)c2c(nc3c(c2-c2ccc(Cl)cc2)CCC/C3=C/c2ccc(Cl)cc2)N1. The summed E-state index contributed by atoms with van der Waals surface area (Å²) in [6.07, 6.45) is 6.83. The van der Waals surface area contributed by atoms with Crippen LogP contribution in [0.4, 0.5) is 11.5 Å². The van der Waals surface area contributed by atoms with E-state index in [0.29, 0.717) is 10.0 Å². The van der Waals surface area contributed by atoms with Gasteiger partial charge >= 0.3 is 0 Å². The Labute approximate surface area is 247 Å². The molecular formula is C31H25Cl3N4S. The maximum absolute atomic E-state index is 6.31. The standard InChI is InChI=1S/C31H25Cl3N4S/c1-39-31-37-29(35-24-15-13-23(34)14-16-24)27-26(19-7-11-22(33)12-8-19)25-4-2-3-20(28(25)36-30(27)38-31)17-18-5-9-21(32)10-6-18/h5-17,29,35H,2-4H2,1H3,(H,36,37,38)/b20-17-. The molecule has 2 heterocycles. The molecule has 0 fully saturated rings. The van der Waals surface area contributed by atoms with Crippen LogP contribution in [0, 0.1) is 0 Å². The van der Waals surface area contributed by atoms with Gasteiger partial charge in [0.25, 0.3) is 0 Å². The Bertz CT molecular complexity index is 1580. The first-order chi connectivity index (χ1) is 19.0. The number of aliphatic imine (C=N–C) groups is 1. The Morgan fingerprint density at radius 1 is 0.872 bits per heavy atom. The quantitative estimate of drug-likeness (QED) is 0.248. The largest absolute Gasteiger partial charge is 0.360 e. The first kappa shape index (κ1) is 26.3. The molecule has 0 amide bonds. The van der Waals surface area contributed by atoms with Gasteiger partial charge in [-0.05, 0) is 108 Å². The number of hydrogen-bond donors (Lipinski definition) is 2. The number of aromatic nitrogens is 1. The van der Waals surface area contributed by atoms with Crippen molar-refractivity contribution in [3.63, 3.8) is 0 Å². The molecule has 0 bridgehead atoms. The summed E-state index contributed by atoms with van der Waals surface area (Å²) in [4.78, 5) is 10.3. The van der Waals surface area contributed by atoms with Gasteiger partial charge in [-0.1, -0.05) is 70.8 Å². The van der Waals surface area contributed by atoms with Crippen LogP contribution in [0.3, 0.4) is 0 Å². The highest BCUT2D eigenvalue weighted by molar-refractivity contribution is 8.13. The number of fused-ring (bicyclic) bond motifs is 2. The summed E-state index contributed by atoms with van der Waals surface area (Å²) in [5.41, 5.74) is 8.78. The van der Waals surface area contributed by atoms with Crippen LogP contribution in [0.25, 0.3) is 22.8 Å². The molecule has 1 unspecified atom stereocenters. The fourth-order valence-corrected chi connectivity index (χ4v) is 5.95. The van der Waals surface area contributed by atoms with Gasteiger partial charge in [-0.15, -0.1) is 0 Å². The number of pyridine rings is 1. The minimum absolute atomic E-state index is 0.334. The van der Waals surface area contributed by atoms with Crippen LogP contribution in [-0.4, -0.2) is 16.4 Å². The lowest BCUT2D eigenvalue weighted by Crippen LogP contribution is -2.25. The Morgan fingerprint density at radius 3 is 2.18 bits per heavy atom. The topological polar surface area (TPSA) is 49.3 Å². The number of allylic oxidation sites excluding steroid dienone is 1. The fourth-order valence-electron chi connectivity index (χ4n) is 5.16. The van der Waals surface area contributed by atoms with E-state index in [0.717, 1.165) is 68.9 Å². The van der Waals surface area contributed by atoms with Gasteiger partial charge in [-0.2, -0.15) is 0 Å². The molecule has 196 valence electrons. The second-order valence-electron chi connectivity index (χ2n) is 9.47. The van der Waals surface area contributed by atoms with Crippen molar-refractivity contribution in [1.82, 2.24) is 4.98 Å². The van der Waals surface area contributed by atoms with Gasteiger partial charge in [0.1, 0.15) is 5.82 Å². The number of rotatable bonds is 4. The molecule has 2 aliphatic rings. The van der Waals surface area contributed by atoms with Crippen LogP contribution in [0.2, 0.25) is 15.1 Å². The highest BCUT2D eigenvalue weighted by Crippen LogP contribution is 2.46. The molecular weight excluding hydrogens is 567 g/mol. The predicted molar refractivity (Wildman–Crippen MR) is 169 cm³/mol. The van der Waals surface area contributed by atoms with Crippen molar-refractivity contribution in [2.75, 3.05) is 16.9 Å². The number of amidine groups is 1. The molecule has 1 aliphatic heterocycles. The molecule has 0 saturated carbocycles. The van der Waals surface area contributed by atoms with Gasteiger partial charge in [-0.3, -0.25) is 0 Å². The third-order valence-corrected chi connectivity index (χ3v) is 8.29. The van der Waals surface area contributed by atoms with Gasteiger partial charge in [0.2, 0.25) is 0 Å². The van der Waals surface area contributed by atoms with Gasteiger partial charge in [0, 0.05) is 26.3 Å². The van der Waals surface area contributed by atoms with Gasteiger partial charge < -0.3 is 10.6 Å². The second kappa shape index (κ2) is 11.3. The van der Waals surface area contributed by atoms with Crippen LogP contribution >= 0.6 is 46.6 Å². The van der Waals surface area contributed by atoms with E-state index in [1.54, 1.807) is 11.8 Å². The maximum Gasteiger partial charge on any atom is 0.164 e. The van der Waals surface area contributed by atoms with Crippen molar-refractivity contribution in [2.24, 2.45) is 4.99 Å². The van der Waals surface area contributed by atoms with E-state index in [-0.39, 0.29) is 6.17 Å². The summed E-state index contributed by atoms with van der Waals surface area (Å²) in [5.74, 6) is 0.813. The predicted octanol–water partition coefficient (Wildman–Crippen LogP) is 9.84. The average Bonchev–Trinajstić information content (AvgIpc) is 2.95. The number of hydrogen-bond acceptors (Lipinski definition) is 5. The zero-order valence-corrected chi connectivity index (χ0v) is 24.2. The number of thioether (sulfide) groups is 1. The Balaban J connectivity index is 1.56. The molecule has 1 aliphatic carbocycles. The molecule has 1 atom stereocenters. The number of benzene rings is 3. The van der Waals surface area contributed by atoms with Crippen molar-refractivity contribution < 1.29 is 0 Å². The van der Waals surface area contributed by atoms with Crippen LogP contribution < -0.4 is 10.6 Å². The van der Waals surface area contributed by atoms with Crippen LogP contribution in [-0.2, 0) is 6.42 Å². The molecule has 4 nitrogen and oxygen atoms in total. The lowest BCUT2D eigenvalue weighted by molar-refractivity contribution is 0.787. The molecule has 0 radical (unpaired) electrons. The van der Waals surface area contributed by atoms with Crippen molar-refractivity contribution >= 4 is 74.9 Å². The summed E-state index contributed by atoms with van der Waals surface area (Å²) >= 11 is 20.2. The van der Waals surface area contributed by atoms with Crippen molar-refractivity contribution in [1.29, 1.82) is 0 Å². The third-order valence-electron chi connectivity index (χ3n) is 6.94. The van der Waals surface area contributed by atoms with E-state index < -0.39 is 0 Å². The summed E-state index contributed by atoms with van der Waals surface area (Å²) in [6.45, 7) is 0. The Hall–Kier alpha value is -2.96.